The van der Waals surface area contributed by atoms with Crippen LogP contribution in [0.3, 0.4) is 0 Å². The number of sulfonamides is 1. The third-order valence-corrected chi connectivity index (χ3v) is 4.27. The summed E-state index contributed by atoms with van der Waals surface area (Å²) in [7, 11) is -3.99. The molecule has 1 heterocycles. The third kappa shape index (κ3) is 3.65. The first-order chi connectivity index (χ1) is 9.04. The summed E-state index contributed by atoms with van der Waals surface area (Å²) >= 11 is 0. The van der Waals surface area contributed by atoms with Crippen LogP contribution in [0.4, 0.5) is 0 Å². The summed E-state index contributed by atoms with van der Waals surface area (Å²) in [6.45, 7) is -0.0936. The predicted octanol–water partition coefficient (Wildman–Crippen LogP) is 0.193. The van der Waals surface area contributed by atoms with Gasteiger partial charge in [0.15, 0.2) is 0 Å². The van der Waals surface area contributed by atoms with Crippen molar-refractivity contribution < 1.29 is 8.42 Å². The lowest BCUT2D eigenvalue weighted by Gasteiger charge is -2.19. The van der Waals surface area contributed by atoms with Crippen LogP contribution in [0.15, 0.2) is 28.2 Å². The molecule has 0 fully saturated rings. The van der Waals surface area contributed by atoms with Crippen molar-refractivity contribution in [2.45, 2.75) is 17.7 Å². The van der Waals surface area contributed by atoms with Gasteiger partial charge in [0.2, 0.25) is 15.5 Å². The van der Waals surface area contributed by atoms with E-state index >= 15 is 0 Å². The molecule has 100 valence electrons. The van der Waals surface area contributed by atoms with Crippen LogP contribution >= 0.6 is 0 Å². The van der Waals surface area contributed by atoms with Gasteiger partial charge < -0.3 is 4.98 Å². The first-order valence-electron chi connectivity index (χ1n) is 5.45. The van der Waals surface area contributed by atoms with Gasteiger partial charge in [0.1, 0.15) is 4.90 Å². The van der Waals surface area contributed by atoms with Gasteiger partial charge in [-0.2, -0.15) is 14.8 Å². The van der Waals surface area contributed by atoms with Gasteiger partial charge in [-0.3, -0.25) is 4.79 Å². The molecule has 0 amide bonds. The second-order valence-corrected chi connectivity index (χ2v) is 5.50. The van der Waals surface area contributed by atoms with Gasteiger partial charge in [-0.25, -0.2) is 8.42 Å². The molecule has 19 heavy (non-hydrogen) atoms. The monoisotopic (exact) mass is 280 g/mol. The van der Waals surface area contributed by atoms with Gasteiger partial charge in [0, 0.05) is 44.4 Å². The van der Waals surface area contributed by atoms with Gasteiger partial charge in [0.25, 0.3) is 0 Å². The Morgan fingerprint density at radius 1 is 1.21 bits per heavy atom. The molecule has 8 heteroatoms. The Morgan fingerprint density at radius 2 is 1.79 bits per heavy atom. The van der Waals surface area contributed by atoms with Crippen molar-refractivity contribution in [2.24, 2.45) is 0 Å². The summed E-state index contributed by atoms with van der Waals surface area (Å²) in [5.41, 5.74) is -0.627. The molecule has 0 saturated carbocycles. The Hall–Kier alpha value is -2.16. The number of H-pyrrole nitrogens is 1. The molecule has 1 aromatic heterocycles. The largest absolute Gasteiger partial charge is 0.366 e. The van der Waals surface area contributed by atoms with Gasteiger partial charge in [-0.05, 0) is 0 Å². The summed E-state index contributed by atoms with van der Waals surface area (Å²) in [5.74, 6) is 0. The Labute approximate surface area is 110 Å². The average molecular weight is 280 g/mol. The van der Waals surface area contributed by atoms with Crippen molar-refractivity contribution in [3.8, 4) is 12.1 Å². The Bertz CT molecular complexity index is 648. The number of hydrogen-bond donors (Lipinski definition) is 1. The maximum absolute atomic E-state index is 12.3. The van der Waals surface area contributed by atoms with Crippen molar-refractivity contribution in [3.05, 3.63) is 28.7 Å². The van der Waals surface area contributed by atoms with Crippen molar-refractivity contribution in [3.63, 3.8) is 0 Å². The van der Waals surface area contributed by atoms with Crippen molar-refractivity contribution in [1.82, 2.24) is 9.29 Å². The Kier molecular flexibility index (Phi) is 5.24. The smallest absolute Gasteiger partial charge is 0.248 e. The molecule has 0 unspecified atom stereocenters. The molecule has 0 spiro atoms. The van der Waals surface area contributed by atoms with E-state index in [2.05, 4.69) is 4.98 Å². The van der Waals surface area contributed by atoms with E-state index in [1.165, 1.54) is 6.20 Å². The second-order valence-electron chi connectivity index (χ2n) is 3.59. The molecule has 0 radical (unpaired) electrons. The van der Waals surface area contributed by atoms with Gasteiger partial charge in [-0.15, -0.1) is 0 Å². The minimum Gasteiger partial charge on any atom is -0.366 e. The molecule has 0 saturated heterocycles. The molecule has 1 N–H and O–H groups in total. The summed E-state index contributed by atoms with van der Waals surface area (Å²) in [4.78, 5) is 13.7. The molecule has 0 aliphatic carbocycles. The number of nitriles is 2. The topological polar surface area (TPSA) is 118 Å². The number of hydrogen-bond acceptors (Lipinski definition) is 5. The van der Waals surface area contributed by atoms with Crippen molar-refractivity contribution >= 4 is 10.0 Å². The fraction of sp³-hybridized carbons (Fsp3) is 0.364. The molecular formula is C11H12N4O3S. The van der Waals surface area contributed by atoms with Crippen LogP contribution in [-0.2, 0) is 10.0 Å². The fourth-order valence-electron chi connectivity index (χ4n) is 1.44. The summed E-state index contributed by atoms with van der Waals surface area (Å²) in [5, 5.41) is 17.1. The van der Waals surface area contributed by atoms with Crippen LogP contribution in [0, 0.1) is 22.7 Å². The van der Waals surface area contributed by atoms with Crippen LogP contribution in [-0.4, -0.2) is 30.8 Å². The zero-order chi connectivity index (χ0) is 14.3. The maximum Gasteiger partial charge on any atom is 0.248 e. The first-order valence-corrected chi connectivity index (χ1v) is 6.89. The van der Waals surface area contributed by atoms with Crippen LogP contribution in [0.1, 0.15) is 12.8 Å². The highest BCUT2D eigenvalue weighted by Gasteiger charge is 2.26. The standard InChI is InChI=1S/C11H12N4O3S/c12-4-1-7-15(8-2-5-13)19(17,18)11-9-14-6-3-10(11)16/h3,6,9H,1-2,7-8H2,(H,14,16). The zero-order valence-electron chi connectivity index (χ0n) is 10.0. The van der Waals surface area contributed by atoms with Crippen molar-refractivity contribution in [1.29, 1.82) is 10.5 Å². The molecule has 0 bridgehead atoms. The molecule has 0 aliphatic rings. The average Bonchev–Trinajstić information content (AvgIpc) is 2.39. The van der Waals surface area contributed by atoms with Gasteiger partial charge >= 0.3 is 0 Å². The van der Waals surface area contributed by atoms with Crippen LogP contribution < -0.4 is 5.43 Å². The molecule has 1 rings (SSSR count). The zero-order valence-corrected chi connectivity index (χ0v) is 10.9. The molecule has 0 aliphatic heterocycles. The van der Waals surface area contributed by atoms with E-state index in [-0.39, 0.29) is 30.8 Å². The lowest BCUT2D eigenvalue weighted by molar-refractivity contribution is 0.424. The van der Waals surface area contributed by atoms with E-state index in [9.17, 15) is 13.2 Å². The lowest BCUT2D eigenvalue weighted by atomic mass is 10.4. The van der Waals surface area contributed by atoms with Crippen LogP contribution in [0.25, 0.3) is 0 Å². The first kappa shape index (κ1) is 14.9. The van der Waals surface area contributed by atoms with E-state index in [0.717, 1.165) is 16.6 Å². The molecule has 0 atom stereocenters. The summed E-state index contributed by atoms with van der Waals surface area (Å²) in [6, 6.07) is 4.79. The number of nitrogens with zero attached hydrogens (tertiary/aromatic N) is 3. The number of aromatic amines is 1. The maximum atomic E-state index is 12.3. The fourth-order valence-corrected chi connectivity index (χ4v) is 2.92. The van der Waals surface area contributed by atoms with E-state index in [0.29, 0.717) is 0 Å². The quantitative estimate of drug-likeness (QED) is 0.798. The number of aromatic nitrogens is 1. The highest BCUT2D eigenvalue weighted by atomic mass is 32.2. The molecule has 1 aromatic rings. The third-order valence-electron chi connectivity index (χ3n) is 2.35. The number of rotatable bonds is 6. The normalized spacial score (nSPS) is 10.9. The van der Waals surface area contributed by atoms with E-state index in [4.69, 9.17) is 10.5 Å². The van der Waals surface area contributed by atoms with E-state index in [1.54, 1.807) is 0 Å². The highest BCUT2D eigenvalue weighted by Crippen LogP contribution is 2.11. The molecule has 0 aromatic carbocycles. The minimum atomic E-state index is -3.99. The Balaban J connectivity index is 3.13. The summed E-state index contributed by atoms with van der Waals surface area (Å²) < 4.78 is 25.5. The van der Waals surface area contributed by atoms with Crippen molar-refractivity contribution in [2.75, 3.05) is 13.1 Å². The SMILES string of the molecule is N#CCCN(CCC#N)S(=O)(=O)c1c[nH]ccc1=O. The lowest BCUT2D eigenvalue weighted by Crippen LogP contribution is -2.35. The predicted molar refractivity (Wildman–Crippen MR) is 66.3 cm³/mol. The van der Waals surface area contributed by atoms with E-state index < -0.39 is 15.5 Å². The van der Waals surface area contributed by atoms with Crippen LogP contribution in [0.5, 0.6) is 0 Å². The van der Waals surface area contributed by atoms with E-state index in [1.807, 2.05) is 12.1 Å². The second kappa shape index (κ2) is 6.69. The minimum absolute atomic E-state index is 0.00457. The van der Waals surface area contributed by atoms with Gasteiger partial charge in [-0.1, -0.05) is 0 Å². The highest BCUT2D eigenvalue weighted by molar-refractivity contribution is 7.89. The molecular weight excluding hydrogens is 268 g/mol. The number of nitrogens with one attached hydrogen (secondary N) is 1. The summed E-state index contributed by atoms with van der Waals surface area (Å²) in [6.07, 6.45) is 2.42. The number of pyridine rings is 1. The molecule has 7 nitrogen and oxygen atoms in total. The van der Waals surface area contributed by atoms with Gasteiger partial charge in [0.05, 0.1) is 12.1 Å². The Morgan fingerprint density at radius 3 is 2.26 bits per heavy atom. The van der Waals surface area contributed by atoms with Crippen LogP contribution in [0.2, 0.25) is 0 Å².